The monoisotopic (exact) mass is 243 g/mol. The normalized spacial score (nSPS) is 13.1. The summed E-state index contributed by atoms with van der Waals surface area (Å²) < 4.78 is 0. The van der Waals surface area contributed by atoms with Gasteiger partial charge in [-0.2, -0.15) is 0 Å². The number of carbonyl (C=O) groups excluding carboxylic acids is 1. The van der Waals surface area contributed by atoms with Gasteiger partial charge in [0.25, 0.3) is 0 Å². The lowest BCUT2D eigenvalue weighted by Crippen LogP contribution is -2.46. The standard InChI is InChI=1S/C13H29N3O/c1-5-11(4)15-13(17)10-16(9-8-14)12(6-2)7-3/h11-12H,5-10,14H2,1-4H3,(H,15,17). The molecular weight excluding hydrogens is 214 g/mol. The van der Waals surface area contributed by atoms with E-state index in [-0.39, 0.29) is 11.9 Å². The van der Waals surface area contributed by atoms with Crippen LogP contribution in [0.4, 0.5) is 0 Å². The Morgan fingerprint density at radius 3 is 2.24 bits per heavy atom. The first-order chi connectivity index (χ1) is 8.08. The van der Waals surface area contributed by atoms with Crippen molar-refractivity contribution in [3.63, 3.8) is 0 Å². The van der Waals surface area contributed by atoms with Crippen LogP contribution in [0.15, 0.2) is 0 Å². The molecule has 0 fully saturated rings. The summed E-state index contributed by atoms with van der Waals surface area (Å²) in [5.41, 5.74) is 5.61. The highest BCUT2D eigenvalue weighted by molar-refractivity contribution is 5.78. The zero-order valence-electron chi connectivity index (χ0n) is 11.8. The molecule has 1 unspecified atom stereocenters. The fraction of sp³-hybridized carbons (Fsp3) is 0.923. The predicted molar refractivity (Wildman–Crippen MR) is 72.9 cm³/mol. The number of hydrogen-bond acceptors (Lipinski definition) is 3. The zero-order chi connectivity index (χ0) is 13.3. The minimum absolute atomic E-state index is 0.111. The Morgan fingerprint density at radius 2 is 1.82 bits per heavy atom. The van der Waals surface area contributed by atoms with Crippen LogP contribution in [0, 0.1) is 0 Å². The molecule has 102 valence electrons. The van der Waals surface area contributed by atoms with Gasteiger partial charge in [0, 0.05) is 25.2 Å². The molecule has 4 heteroatoms. The first-order valence-corrected chi connectivity index (χ1v) is 6.82. The molecule has 0 bridgehead atoms. The van der Waals surface area contributed by atoms with Gasteiger partial charge in [-0.25, -0.2) is 0 Å². The van der Waals surface area contributed by atoms with Crippen LogP contribution in [-0.4, -0.2) is 42.5 Å². The van der Waals surface area contributed by atoms with E-state index in [9.17, 15) is 4.79 Å². The van der Waals surface area contributed by atoms with Crippen LogP contribution in [0.1, 0.15) is 47.0 Å². The highest BCUT2D eigenvalue weighted by atomic mass is 16.2. The molecule has 0 aromatic rings. The van der Waals surface area contributed by atoms with Crippen molar-refractivity contribution in [2.45, 2.75) is 59.0 Å². The van der Waals surface area contributed by atoms with E-state index < -0.39 is 0 Å². The number of nitrogens with two attached hydrogens (primary N) is 1. The minimum atomic E-state index is 0.111. The van der Waals surface area contributed by atoms with Gasteiger partial charge >= 0.3 is 0 Å². The van der Waals surface area contributed by atoms with E-state index in [2.05, 4.69) is 31.0 Å². The van der Waals surface area contributed by atoms with E-state index in [1.807, 2.05) is 6.92 Å². The minimum Gasteiger partial charge on any atom is -0.353 e. The molecule has 0 aliphatic carbocycles. The number of nitrogens with zero attached hydrogens (tertiary/aromatic N) is 1. The predicted octanol–water partition coefficient (Wildman–Crippen LogP) is 1.35. The molecule has 0 saturated carbocycles. The van der Waals surface area contributed by atoms with Gasteiger partial charge in [-0.1, -0.05) is 20.8 Å². The second-order valence-electron chi connectivity index (χ2n) is 4.61. The van der Waals surface area contributed by atoms with Gasteiger partial charge in [-0.05, 0) is 26.2 Å². The second-order valence-corrected chi connectivity index (χ2v) is 4.61. The van der Waals surface area contributed by atoms with E-state index >= 15 is 0 Å². The van der Waals surface area contributed by atoms with Crippen LogP contribution < -0.4 is 11.1 Å². The Hall–Kier alpha value is -0.610. The zero-order valence-corrected chi connectivity index (χ0v) is 11.8. The quantitative estimate of drug-likeness (QED) is 0.643. The van der Waals surface area contributed by atoms with Crippen molar-refractivity contribution in [3.8, 4) is 0 Å². The molecule has 0 aliphatic heterocycles. The van der Waals surface area contributed by atoms with Gasteiger partial charge in [0.05, 0.1) is 6.54 Å². The lowest BCUT2D eigenvalue weighted by molar-refractivity contribution is -0.123. The SMILES string of the molecule is CCC(C)NC(=O)CN(CCN)C(CC)CC. The number of rotatable bonds is 9. The van der Waals surface area contributed by atoms with E-state index in [1.54, 1.807) is 0 Å². The smallest absolute Gasteiger partial charge is 0.234 e. The van der Waals surface area contributed by atoms with Crippen molar-refractivity contribution in [1.82, 2.24) is 10.2 Å². The summed E-state index contributed by atoms with van der Waals surface area (Å²) in [7, 11) is 0. The van der Waals surface area contributed by atoms with E-state index in [1.165, 1.54) is 0 Å². The lowest BCUT2D eigenvalue weighted by Gasteiger charge is -2.29. The summed E-state index contributed by atoms with van der Waals surface area (Å²) in [4.78, 5) is 14.0. The Kier molecular flexibility index (Phi) is 9.09. The summed E-state index contributed by atoms with van der Waals surface area (Å²) >= 11 is 0. The van der Waals surface area contributed by atoms with Crippen LogP contribution in [-0.2, 0) is 4.79 Å². The van der Waals surface area contributed by atoms with Crippen molar-refractivity contribution < 1.29 is 4.79 Å². The molecule has 17 heavy (non-hydrogen) atoms. The summed E-state index contributed by atoms with van der Waals surface area (Å²) in [6, 6.07) is 0.713. The number of amides is 1. The van der Waals surface area contributed by atoms with Crippen molar-refractivity contribution in [2.75, 3.05) is 19.6 Å². The largest absolute Gasteiger partial charge is 0.353 e. The maximum atomic E-state index is 11.8. The molecule has 0 aromatic heterocycles. The molecule has 3 N–H and O–H groups in total. The number of hydrogen-bond donors (Lipinski definition) is 2. The Bertz CT molecular complexity index is 205. The van der Waals surface area contributed by atoms with Gasteiger partial charge in [-0.15, -0.1) is 0 Å². The second kappa shape index (κ2) is 9.42. The Balaban J connectivity index is 4.27. The molecule has 0 heterocycles. The van der Waals surface area contributed by atoms with E-state index in [0.29, 0.717) is 19.1 Å². The number of carbonyl (C=O) groups is 1. The molecule has 1 atom stereocenters. The molecule has 0 aliphatic rings. The Labute approximate surface area is 106 Å². The summed E-state index contributed by atoms with van der Waals surface area (Å²) in [6.45, 7) is 10.3. The summed E-state index contributed by atoms with van der Waals surface area (Å²) in [6.07, 6.45) is 3.09. The number of nitrogens with one attached hydrogen (secondary N) is 1. The molecule has 1 amide bonds. The van der Waals surface area contributed by atoms with Gasteiger partial charge in [0.1, 0.15) is 0 Å². The van der Waals surface area contributed by atoms with Crippen molar-refractivity contribution in [3.05, 3.63) is 0 Å². The highest BCUT2D eigenvalue weighted by Crippen LogP contribution is 2.07. The fourth-order valence-corrected chi connectivity index (χ4v) is 1.97. The molecule has 4 nitrogen and oxygen atoms in total. The topological polar surface area (TPSA) is 58.4 Å². The van der Waals surface area contributed by atoms with Crippen molar-refractivity contribution in [1.29, 1.82) is 0 Å². The molecule has 0 rings (SSSR count). The average Bonchev–Trinajstić information content (AvgIpc) is 2.30. The van der Waals surface area contributed by atoms with Crippen LogP contribution >= 0.6 is 0 Å². The summed E-state index contributed by atoms with van der Waals surface area (Å²) in [5, 5.41) is 3.00. The molecule has 0 spiro atoms. The summed E-state index contributed by atoms with van der Waals surface area (Å²) in [5.74, 6) is 0.111. The molecule has 0 saturated heterocycles. The Morgan fingerprint density at radius 1 is 1.24 bits per heavy atom. The average molecular weight is 243 g/mol. The van der Waals surface area contributed by atoms with Crippen LogP contribution in [0.3, 0.4) is 0 Å². The third-order valence-corrected chi connectivity index (χ3v) is 3.24. The maximum Gasteiger partial charge on any atom is 0.234 e. The first kappa shape index (κ1) is 16.4. The van der Waals surface area contributed by atoms with E-state index in [0.717, 1.165) is 25.8 Å². The molecule has 0 aromatic carbocycles. The van der Waals surface area contributed by atoms with Gasteiger partial charge in [0.2, 0.25) is 5.91 Å². The maximum absolute atomic E-state index is 11.8. The van der Waals surface area contributed by atoms with Crippen LogP contribution in [0.5, 0.6) is 0 Å². The molecular formula is C13H29N3O. The molecule has 0 radical (unpaired) electrons. The van der Waals surface area contributed by atoms with Crippen molar-refractivity contribution >= 4 is 5.91 Å². The van der Waals surface area contributed by atoms with Crippen LogP contribution in [0.25, 0.3) is 0 Å². The van der Waals surface area contributed by atoms with Gasteiger partial charge in [-0.3, -0.25) is 9.69 Å². The lowest BCUT2D eigenvalue weighted by atomic mass is 10.1. The van der Waals surface area contributed by atoms with Crippen molar-refractivity contribution in [2.24, 2.45) is 5.73 Å². The van der Waals surface area contributed by atoms with E-state index in [4.69, 9.17) is 5.73 Å². The first-order valence-electron chi connectivity index (χ1n) is 6.82. The highest BCUT2D eigenvalue weighted by Gasteiger charge is 2.17. The van der Waals surface area contributed by atoms with Crippen LogP contribution in [0.2, 0.25) is 0 Å². The third kappa shape index (κ3) is 6.64. The third-order valence-electron chi connectivity index (χ3n) is 3.24. The fourth-order valence-electron chi connectivity index (χ4n) is 1.97. The van der Waals surface area contributed by atoms with Gasteiger partial charge < -0.3 is 11.1 Å². The van der Waals surface area contributed by atoms with Gasteiger partial charge in [0.15, 0.2) is 0 Å².